The average Bonchev–Trinajstić information content (AvgIpc) is 2.62. The number of amides is 2. The lowest BCUT2D eigenvalue weighted by atomic mass is 9.83. The van der Waals surface area contributed by atoms with Gasteiger partial charge in [0.15, 0.2) is 0 Å². The fourth-order valence-corrected chi connectivity index (χ4v) is 3.96. The number of hydrogen-bond donors (Lipinski definition) is 1. The molecule has 1 N–H and O–H groups in total. The van der Waals surface area contributed by atoms with Crippen molar-refractivity contribution in [2.45, 2.75) is 25.3 Å². The second-order valence-electron chi connectivity index (χ2n) is 6.96. The van der Waals surface area contributed by atoms with Gasteiger partial charge in [0.25, 0.3) is 5.91 Å². The van der Waals surface area contributed by atoms with Gasteiger partial charge in [-0.15, -0.1) is 0 Å². The van der Waals surface area contributed by atoms with E-state index < -0.39 is 0 Å². The van der Waals surface area contributed by atoms with E-state index in [0.717, 1.165) is 25.9 Å². The van der Waals surface area contributed by atoms with E-state index in [0.29, 0.717) is 31.0 Å². The molecule has 0 saturated carbocycles. The SMILES string of the molecule is CNCCN1C(=O)CC[C@H]2CN(C(=O)c3ccc(=O)n(C)c3)CC[C@H]21. The van der Waals surface area contributed by atoms with Crippen LogP contribution in [0.5, 0.6) is 0 Å². The number of nitrogens with one attached hydrogen (secondary N) is 1. The van der Waals surface area contributed by atoms with Crippen LogP contribution in [0.2, 0.25) is 0 Å². The Morgan fingerprint density at radius 1 is 1.28 bits per heavy atom. The molecule has 2 fully saturated rings. The second-order valence-corrected chi connectivity index (χ2v) is 6.96. The van der Waals surface area contributed by atoms with Gasteiger partial charge in [-0.3, -0.25) is 14.4 Å². The summed E-state index contributed by atoms with van der Waals surface area (Å²) in [7, 11) is 3.54. The number of likely N-dealkylation sites (tertiary alicyclic amines) is 2. The molecule has 1 aromatic heterocycles. The van der Waals surface area contributed by atoms with Crippen molar-refractivity contribution in [3.05, 3.63) is 34.2 Å². The minimum atomic E-state index is -0.124. The third-order valence-electron chi connectivity index (χ3n) is 5.37. The van der Waals surface area contributed by atoms with Gasteiger partial charge in [-0.05, 0) is 31.9 Å². The molecular weight excluding hydrogens is 320 g/mol. The smallest absolute Gasteiger partial charge is 0.255 e. The molecule has 0 spiro atoms. The summed E-state index contributed by atoms with van der Waals surface area (Å²) in [6.07, 6.45) is 3.82. The quantitative estimate of drug-likeness (QED) is 0.836. The number of fused-ring (bicyclic) bond motifs is 1. The van der Waals surface area contributed by atoms with Crippen molar-refractivity contribution in [2.75, 3.05) is 33.2 Å². The topological polar surface area (TPSA) is 74.7 Å². The molecule has 3 rings (SSSR count). The van der Waals surface area contributed by atoms with Gasteiger partial charge < -0.3 is 19.7 Å². The Kier molecular flexibility index (Phi) is 5.22. The van der Waals surface area contributed by atoms with Gasteiger partial charge in [-0.1, -0.05) is 0 Å². The molecule has 136 valence electrons. The average molecular weight is 346 g/mol. The van der Waals surface area contributed by atoms with Gasteiger partial charge in [0, 0.05) is 58.0 Å². The second kappa shape index (κ2) is 7.39. The number of rotatable bonds is 4. The Hall–Kier alpha value is -2.15. The summed E-state index contributed by atoms with van der Waals surface area (Å²) in [6.45, 7) is 2.84. The van der Waals surface area contributed by atoms with Crippen molar-refractivity contribution in [3.8, 4) is 0 Å². The van der Waals surface area contributed by atoms with Crippen LogP contribution in [-0.2, 0) is 11.8 Å². The number of carbonyl (C=O) groups is 2. The largest absolute Gasteiger partial charge is 0.338 e. The lowest BCUT2D eigenvalue weighted by Crippen LogP contribution is -2.57. The standard InChI is InChI=1S/C18H26N4O3/c1-19-8-10-22-15-7-9-21(12-13(15)3-6-17(22)24)18(25)14-4-5-16(23)20(2)11-14/h4-5,11,13,15,19H,3,6-10,12H2,1-2H3/t13-,15+/m0/s1. The number of aryl methyl sites for hydroxylation is 1. The zero-order chi connectivity index (χ0) is 18.0. The van der Waals surface area contributed by atoms with Crippen LogP contribution in [0.25, 0.3) is 0 Å². The highest BCUT2D eigenvalue weighted by atomic mass is 16.2. The fourth-order valence-electron chi connectivity index (χ4n) is 3.96. The Morgan fingerprint density at radius 3 is 2.80 bits per heavy atom. The number of nitrogens with zero attached hydrogens (tertiary/aromatic N) is 3. The van der Waals surface area contributed by atoms with E-state index >= 15 is 0 Å². The number of likely N-dealkylation sites (N-methyl/N-ethyl adjacent to an activating group) is 1. The van der Waals surface area contributed by atoms with Crippen LogP contribution in [0, 0.1) is 5.92 Å². The molecule has 7 nitrogen and oxygen atoms in total. The van der Waals surface area contributed by atoms with E-state index in [9.17, 15) is 14.4 Å². The molecular formula is C18H26N4O3. The molecule has 0 aromatic carbocycles. The van der Waals surface area contributed by atoms with Gasteiger partial charge in [0.1, 0.15) is 0 Å². The third-order valence-corrected chi connectivity index (χ3v) is 5.37. The Labute approximate surface area is 147 Å². The van der Waals surface area contributed by atoms with Crippen LogP contribution in [0.1, 0.15) is 29.6 Å². The van der Waals surface area contributed by atoms with Crippen molar-refractivity contribution < 1.29 is 9.59 Å². The summed E-state index contributed by atoms with van der Waals surface area (Å²) in [5.74, 6) is 0.529. The summed E-state index contributed by atoms with van der Waals surface area (Å²) < 4.78 is 1.43. The Morgan fingerprint density at radius 2 is 2.08 bits per heavy atom. The zero-order valence-corrected chi connectivity index (χ0v) is 14.9. The first-order valence-corrected chi connectivity index (χ1v) is 8.91. The summed E-state index contributed by atoms with van der Waals surface area (Å²) in [6, 6.07) is 3.26. The van der Waals surface area contributed by atoms with Crippen molar-refractivity contribution in [2.24, 2.45) is 13.0 Å². The Bertz CT molecular complexity index is 715. The highest BCUT2D eigenvalue weighted by molar-refractivity contribution is 5.94. The summed E-state index contributed by atoms with van der Waals surface area (Å²) in [5, 5.41) is 3.10. The van der Waals surface area contributed by atoms with Crippen molar-refractivity contribution in [1.82, 2.24) is 19.7 Å². The molecule has 7 heteroatoms. The molecule has 2 aliphatic heterocycles. The summed E-state index contributed by atoms with van der Waals surface area (Å²) >= 11 is 0. The molecule has 0 unspecified atom stereocenters. The number of hydrogen-bond acceptors (Lipinski definition) is 4. The van der Waals surface area contributed by atoms with E-state index in [1.165, 1.54) is 10.6 Å². The van der Waals surface area contributed by atoms with Crippen LogP contribution < -0.4 is 10.9 Å². The highest BCUT2D eigenvalue weighted by Crippen LogP contribution is 2.31. The molecule has 0 bridgehead atoms. The molecule has 1 aromatic rings. The molecule has 2 atom stereocenters. The first-order chi connectivity index (χ1) is 12.0. The fraction of sp³-hybridized carbons (Fsp3) is 0.611. The zero-order valence-electron chi connectivity index (χ0n) is 14.9. The van der Waals surface area contributed by atoms with Gasteiger partial charge in [0.2, 0.25) is 11.5 Å². The molecule has 2 aliphatic rings. The maximum Gasteiger partial charge on any atom is 0.255 e. The molecule has 25 heavy (non-hydrogen) atoms. The van der Waals surface area contributed by atoms with Crippen molar-refractivity contribution in [1.29, 1.82) is 0 Å². The maximum atomic E-state index is 12.8. The third kappa shape index (κ3) is 3.61. The number of carbonyl (C=O) groups excluding carboxylic acids is 2. The monoisotopic (exact) mass is 346 g/mol. The minimum Gasteiger partial charge on any atom is -0.338 e. The summed E-state index contributed by atoms with van der Waals surface area (Å²) in [5.41, 5.74) is 0.417. The normalized spacial score (nSPS) is 23.5. The maximum absolute atomic E-state index is 12.8. The Balaban J connectivity index is 1.70. The first kappa shape index (κ1) is 17.7. The van der Waals surface area contributed by atoms with E-state index in [2.05, 4.69) is 5.32 Å². The lowest BCUT2D eigenvalue weighted by molar-refractivity contribution is -0.140. The molecule has 3 heterocycles. The molecule has 0 aliphatic carbocycles. The minimum absolute atomic E-state index is 0.0345. The summed E-state index contributed by atoms with van der Waals surface area (Å²) in [4.78, 5) is 40.4. The van der Waals surface area contributed by atoms with Gasteiger partial charge in [-0.2, -0.15) is 0 Å². The van der Waals surface area contributed by atoms with Gasteiger partial charge >= 0.3 is 0 Å². The predicted molar refractivity (Wildman–Crippen MR) is 94.4 cm³/mol. The molecule has 2 amide bonds. The van der Waals surface area contributed by atoms with Crippen LogP contribution >= 0.6 is 0 Å². The van der Waals surface area contributed by atoms with E-state index in [4.69, 9.17) is 0 Å². The van der Waals surface area contributed by atoms with Crippen LogP contribution in [0.3, 0.4) is 0 Å². The van der Waals surface area contributed by atoms with Crippen molar-refractivity contribution >= 4 is 11.8 Å². The van der Waals surface area contributed by atoms with Gasteiger partial charge in [0.05, 0.1) is 5.56 Å². The first-order valence-electron chi connectivity index (χ1n) is 8.91. The lowest BCUT2D eigenvalue weighted by Gasteiger charge is -2.47. The van der Waals surface area contributed by atoms with Crippen LogP contribution in [-0.4, -0.2) is 65.4 Å². The molecule has 0 radical (unpaired) electrons. The molecule has 2 saturated heterocycles. The number of piperidine rings is 2. The van der Waals surface area contributed by atoms with Crippen LogP contribution in [0.4, 0.5) is 0 Å². The van der Waals surface area contributed by atoms with Gasteiger partial charge in [-0.25, -0.2) is 0 Å². The predicted octanol–water partition coefficient (Wildman–Crippen LogP) is 0.0578. The van der Waals surface area contributed by atoms with Crippen molar-refractivity contribution in [3.63, 3.8) is 0 Å². The number of aromatic nitrogens is 1. The highest BCUT2D eigenvalue weighted by Gasteiger charge is 2.40. The van der Waals surface area contributed by atoms with E-state index in [-0.39, 0.29) is 23.4 Å². The van der Waals surface area contributed by atoms with E-state index in [1.54, 1.807) is 19.3 Å². The van der Waals surface area contributed by atoms with Crippen LogP contribution in [0.15, 0.2) is 23.1 Å². The number of pyridine rings is 1. The van der Waals surface area contributed by atoms with E-state index in [1.807, 2.05) is 16.8 Å².